The van der Waals surface area contributed by atoms with Crippen LogP contribution in [0.1, 0.15) is 42.3 Å². The second-order valence-electron chi connectivity index (χ2n) is 6.93. The van der Waals surface area contributed by atoms with Gasteiger partial charge >= 0.3 is 0 Å². The maximum atomic E-state index is 13.0. The fourth-order valence-electron chi connectivity index (χ4n) is 3.74. The zero-order valence-corrected chi connectivity index (χ0v) is 15.2. The van der Waals surface area contributed by atoms with Crippen LogP contribution in [0.3, 0.4) is 0 Å². The molecule has 2 saturated heterocycles. The summed E-state index contributed by atoms with van der Waals surface area (Å²) in [6.07, 6.45) is 5.34. The molecule has 27 heavy (non-hydrogen) atoms. The minimum atomic E-state index is -0.0767. The van der Waals surface area contributed by atoms with Gasteiger partial charge < -0.3 is 9.32 Å². The molecule has 4 rings (SSSR count). The van der Waals surface area contributed by atoms with Gasteiger partial charge in [-0.2, -0.15) is 5.26 Å². The predicted molar refractivity (Wildman–Crippen MR) is 95.3 cm³/mol. The second-order valence-corrected chi connectivity index (χ2v) is 6.93. The molecule has 0 bridgehead atoms. The van der Waals surface area contributed by atoms with Gasteiger partial charge in [0.15, 0.2) is 0 Å². The standard InChI is InChI=1S/C19H21N5O3/c1-13-8-15(11-26-13)17-4-7-27-24(17)19(25)14-2-5-23(6-3-14)18-9-16(10-20)21-12-22-18/h8-9,11-12,14,17H,2-7H2,1H3/t17-/m0/s1. The molecule has 4 heterocycles. The van der Waals surface area contributed by atoms with E-state index in [1.165, 1.54) is 6.33 Å². The SMILES string of the molecule is Cc1cc([C@@H]2CCON2C(=O)C2CCN(c3cc(C#N)ncn3)CC2)co1. The molecule has 2 aliphatic heterocycles. The minimum absolute atomic E-state index is 0.0383. The minimum Gasteiger partial charge on any atom is -0.469 e. The number of aryl methyl sites for hydroxylation is 1. The molecule has 0 unspecified atom stereocenters. The monoisotopic (exact) mass is 367 g/mol. The first kappa shape index (κ1) is 17.5. The Kier molecular flexibility index (Phi) is 4.77. The number of hydroxylamine groups is 2. The van der Waals surface area contributed by atoms with E-state index in [9.17, 15) is 4.79 Å². The Morgan fingerprint density at radius 1 is 1.26 bits per heavy atom. The van der Waals surface area contributed by atoms with Gasteiger partial charge in [0, 0.05) is 37.1 Å². The number of nitrogens with zero attached hydrogens (tertiary/aromatic N) is 5. The van der Waals surface area contributed by atoms with E-state index in [0.717, 1.165) is 36.4 Å². The van der Waals surface area contributed by atoms with E-state index < -0.39 is 0 Å². The number of hydrogen-bond donors (Lipinski definition) is 0. The van der Waals surface area contributed by atoms with E-state index in [2.05, 4.69) is 14.9 Å². The number of carbonyl (C=O) groups excluding carboxylic acids is 1. The molecule has 1 atom stereocenters. The molecule has 140 valence electrons. The van der Waals surface area contributed by atoms with E-state index in [1.807, 2.05) is 19.1 Å². The molecule has 0 aromatic carbocycles. The fourth-order valence-corrected chi connectivity index (χ4v) is 3.74. The third kappa shape index (κ3) is 3.51. The van der Waals surface area contributed by atoms with Crippen molar-refractivity contribution in [2.45, 2.75) is 32.2 Å². The number of rotatable bonds is 3. The number of nitriles is 1. The molecule has 0 saturated carbocycles. The Morgan fingerprint density at radius 3 is 2.78 bits per heavy atom. The molecule has 1 amide bonds. The van der Waals surface area contributed by atoms with Crippen molar-refractivity contribution >= 4 is 11.7 Å². The number of piperidine rings is 1. The molecular weight excluding hydrogens is 346 g/mol. The summed E-state index contributed by atoms with van der Waals surface area (Å²) >= 11 is 0. The summed E-state index contributed by atoms with van der Waals surface area (Å²) in [5.74, 6) is 1.53. The summed E-state index contributed by atoms with van der Waals surface area (Å²) in [5, 5.41) is 10.5. The lowest BCUT2D eigenvalue weighted by Crippen LogP contribution is -2.42. The van der Waals surface area contributed by atoms with Crippen LogP contribution in [0.15, 0.2) is 29.1 Å². The van der Waals surface area contributed by atoms with Gasteiger partial charge in [-0.3, -0.25) is 9.63 Å². The average Bonchev–Trinajstić information content (AvgIpc) is 3.36. The quantitative estimate of drug-likeness (QED) is 0.822. The van der Waals surface area contributed by atoms with Crippen LogP contribution < -0.4 is 4.90 Å². The van der Waals surface area contributed by atoms with Crippen LogP contribution >= 0.6 is 0 Å². The molecule has 0 aliphatic carbocycles. The molecular formula is C19H21N5O3. The third-order valence-corrected chi connectivity index (χ3v) is 5.19. The van der Waals surface area contributed by atoms with Crippen molar-refractivity contribution in [2.75, 3.05) is 24.6 Å². The molecule has 2 fully saturated rings. The van der Waals surface area contributed by atoms with Gasteiger partial charge in [-0.1, -0.05) is 0 Å². The number of furan rings is 1. The van der Waals surface area contributed by atoms with Gasteiger partial charge in [-0.25, -0.2) is 15.0 Å². The lowest BCUT2D eigenvalue weighted by atomic mass is 9.94. The van der Waals surface area contributed by atoms with E-state index >= 15 is 0 Å². The van der Waals surface area contributed by atoms with E-state index in [4.69, 9.17) is 14.5 Å². The van der Waals surface area contributed by atoms with Gasteiger partial charge in [0.1, 0.15) is 29.7 Å². The predicted octanol–water partition coefficient (Wildman–Crippen LogP) is 2.37. The maximum Gasteiger partial charge on any atom is 0.249 e. The highest BCUT2D eigenvalue weighted by Crippen LogP contribution is 2.34. The summed E-state index contributed by atoms with van der Waals surface area (Å²) in [6.45, 7) is 3.85. The van der Waals surface area contributed by atoms with Crippen molar-refractivity contribution in [3.8, 4) is 6.07 Å². The molecule has 0 N–H and O–H groups in total. The zero-order chi connectivity index (χ0) is 18.8. The fraction of sp³-hybridized carbons (Fsp3) is 0.474. The summed E-state index contributed by atoms with van der Waals surface area (Å²) in [5.41, 5.74) is 1.34. The Hall–Kier alpha value is -2.92. The van der Waals surface area contributed by atoms with Gasteiger partial charge in [0.05, 0.1) is 18.9 Å². The third-order valence-electron chi connectivity index (χ3n) is 5.19. The van der Waals surface area contributed by atoms with Crippen LogP contribution in [0.4, 0.5) is 5.82 Å². The molecule has 2 aromatic heterocycles. The van der Waals surface area contributed by atoms with Gasteiger partial charge in [-0.05, 0) is 25.8 Å². The number of aromatic nitrogens is 2. The van der Waals surface area contributed by atoms with Crippen molar-refractivity contribution in [3.63, 3.8) is 0 Å². The van der Waals surface area contributed by atoms with Crippen LogP contribution in [0.5, 0.6) is 0 Å². The molecule has 0 radical (unpaired) electrons. The number of hydrogen-bond acceptors (Lipinski definition) is 7. The van der Waals surface area contributed by atoms with Crippen molar-refractivity contribution in [3.05, 3.63) is 41.7 Å². The van der Waals surface area contributed by atoms with Crippen LogP contribution in [-0.2, 0) is 9.63 Å². The van der Waals surface area contributed by atoms with Crippen molar-refractivity contribution in [1.29, 1.82) is 5.26 Å². The molecule has 2 aliphatic rings. The lowest BCUT2D eigenvalue weighted by molar-refractivity contribution is -0.182. The van der Waals surface area contributed by atoms with E-state index in [0.29, 0.717) is 25.4 Å². The van der Waals surface area contributed by atoms with Crippen LogP contribution in [-0.4, -0.2) is 40.6 Å². The summed E-state index contributed by atoms with van der Waals surface area (Å²) < 4.78 is 5.40. The first-order valence-electron chi connectivity index (χ1n) is 9.14. The number of anilines is 1. The van der Waals surface area contributed by atoms with Gasteiger partial charge in [-0.15, -0.1) is 0 Å². The molecule has 0 spiro atoms. The molecule has 8 nitrogen and oxygen atoms in total. The second kappa shape index (κ2) is 7.37. The first-order valence-corrected chi connectivity index (χ1v) is 9.14. The highest BCUT2D eigenvalue weighted by Gasteiger charge is 2.37. The Morgan fingerprint density at radius 2 is 2.07 bits per heavy atom. The topological polar surface area (TPSA) is 95.5 Å². The first-order chi connectivity index (χ1) is 13.2. The Balaban J connectivity index is 1.40. The van der Waals surface area contributed by atoms with Gasteiger partial charge in [0.25, 0.3) is 0 Å². The Labute approximate surface area is 157 Å². The normalized spacial score (nSPS) is 20.7. The maximum absolute atomic E-state index is 13.0. The van der Waals surface area contributed by atoms with Crippen molar-refractivity contribution in [1.82, 2.24) is 15.0 Å². The van der Waals surface area contributed by atoms with Crippen LogP contribution in [0.2, 0.25) is 0 Å². The molecule has 8 heteroatoms. The Bertz CT molecular complexity index is 866. The average molecular weight is 367 g/mol. The van der Waals surface area contributed by atoms with Crippen molar-refractivity contribution in [2.24, 2.45) is 5.92 Å². The summed E-state index contributed by atoms with van der Waals surface area (Å²) in [7, 11) is 0. The zero-order valence-electron chi connectivity index (χ0n) is 15.2. The van der Waals surface area contributed by atoms with E-state index in [-0.39, 0.29) is 17.9 Å². The number of carbonyl (C=O) groups is 1. The lowest BCUT2D eigenvalue weighted by Gasteiger charge is -2.34. The van der Waals surface area contributed by atoms with Crippen LogP contribution in [0.25, 0.3) is 0 Å². The highest BCUT2D eigenvalue weighted by atomic mass is 16.7. The number of amides is 1. The highest BCUT2D eigenvalue weighted by molar-refractivity contribution is 5.79. The van der Waals surface area contributed by atoms with E-state index in [1.54, 1.807) is 17.4 Å². The van der Waals surface area contributed by atoms with Crippen LogP contribution in [0, 0.1) is 24.2 Å². The van der Waals surface area contributed by atoms with Crippen molar-refractivity contribution < 1.29 is 14.0 Å². The summed E-state index contributed by atoms with van der Waals surface area (Å²) in [4.78, 5) is 28.9. The van der Waals surface area contributed by atoms with Gasteiger partial charge in [0.2, 0.25) is 5.91 Å². The smallest absolute Gasteiger partial charge is 0.249 e. The largest absolute Gasteiger partial charge is 0.469 e. The summed E-state index contributed by atoms with van der Waals surface area (Å²) in [6, 6.07) is 5.60. The molecule has 2 aromatic rings.